The minimum Gasteiger partial charge on any atom is -0.494 e. The van der Waals surface area contributed by atoms with Gasteiger partial charge in [0.2, 0.25) is 5.91 Å². The van der Waals surface area contributed by atoms with Crippen molar-refractivity contribution in [1.82, 2.24) is 0 Å². The molecule has 0 unspecified atom stereocenters. The largest absolute Gasteiger partial charge is 0.494 e. The summed E-state index contributed by atoms with van der Waals surface area (Å²) in [5, 5.41) is 3.60. The molecule has 0 aromatic heterocycles. The van der Waals surface area contributed by atoms with Crippen molar-refractivity contribution in [3.63, 3.8) is 0 Å². The zero-order valence-corrected chi connectivity index (χ0v) is 16.3. The van der Waals surface area contributed by atoms with Crippen molar-refractivity contribution in [2.75, 3.05) is 26.1 Å². The molecule has 2 rings (SSSR count). The normalized spacial score (nSPS) is 10.3. The molecule has 0 aliphatic carbocycles. The molecule has 26 heavy (non-hydrogen) atoms. The first-order valence-corrected chi connectivity index (χ1v) is 8.73. The summed E-state index contributed by atoms with van der Waals surface area (Å²) in [5.41, 5.74) is 2.62. The number of rotatable bonds is 8. The Balaban J connectivity index is 1.80. The fourth-order valence-electron chi connectivity index (χ4n) is 2.55. The van der Waals surface area contributed by atoms with Crippen LogP contribution in [0.4, 0.5) is 5.69 Å². The lowest BCUT2D eigenvalue weighted by Gasteiger charge is -2.11. The molecule has 0 saturated carbocycles. The third kappa shape index (κ3) is 5.30. The molecule has 0 saturated heterocycles. The molecule has 5 nitrogen and oxygen atoms in total. The van der Waals surface area contributed by atoms with Gasteiger partial charge in [-0.2, -0.15) is 0 Å². The number of hydrogen-bond acceptors (Lipinski definition) is 4. The van der Waals surface area contributed by atoms with E-state index in [1.807, 2.05) is 26.0 Å². The molecule has 0 spiro atoms. The maximum Gasteiger partial charge on any atom is 0.224 e. The molecule has 0 fully saturated rings. The molecule has 140 valence electrons. The summed E-state index contributed by atoms with van der Waals surface area (Å²) in [5.74, 6) is 1.88. The van der Waals surface area contributed by atoms with Crippen LogP contribution < -0.4 is 19.5 Å². The SMILES string of the molecule is COc1ccc(NC(=O)CCCOc2cc(C)c(Cl)c(C)c2)cc1OC. The number of halogens is 1. The predicted molar refractivity (Wildman–Crippen MR) is 104 cm³/mol. The predicted octanol–water partition coefficient (Wildman–Crippen LogP) is 4.77. The van der Waals surface area contributed by atoms with Gasteiger partial charge in [0.1, 0.15) is 5.75 Å². The molecule has 6 heteroatoms. The standard InChI is InChI=1S/C20H24ClNO4/c1-13-10-16(11-14(2)20(13)21)26-9-5-6-19(23)22-15-7-8-17(24-3)18(12-15)25-4/h7-8,10-12H,5-6,9H2,1-4H3,(H,22,23). The fourth-order valence-corrected chi connectivity index (χ4v) is 2.66. The van der Waals surface area contributed by atoms with Crippen LogP contribution in [0, 0.1) is 13.8 Å². The number of carbonyl (C=O) groups is 1. The highest BCUT2D eigenvalue weighted by molar-refractivity contribution is 6.32. The molecule has 2 aromatic rings. The molecule has 0 radical (unpaired) electrons. The number of benzene rings is 2. The Bertz CT molecular complexity index is 753. The molecule has 0 bridgehead atoms. The van der Waals surface area contributed by atoms with Crippen LogP contribution in [0.1, 0.15) is 24.0 Å². The number of nitrogens with one attached hydrogen (secondary N) is 1. The van der Waals surface area contributed by atoms with Crippen LogP contribution in [0.5, 0.6) is 17.2 Å². The van der Waals surface area contributed by atoms with Crippen molar-refractivity contribution in [2.24, 2.45) is 0 Å². The summed E-state index contributed by atoms with van der Waals surface area (Å²) in [6.07, 6.45) is 0.972. The van der Waals surface area contributed by atoms with Gasteiger partial charge in [0.15, 0.2) is 11.5 Å². The molecule has 0 aliphatic rings. The van der Waals surface area contributed by atoms with E-state index in [2.05, 4.69) is 5.32 Å². The maximum absolute atomic E-state index is 12.1. The van der Waals surface area contributed by atoms with Crippen molar-refractivity contribution < 1.29 is 19.0 Å². The second-order valence-corrected chi connectivity index (χ2v) is 6.32. The number of ether oxygens (including phenoxy) is 3. The highest BCUT2D eigenvalue weighted by Gasteiger charge is 2.08. The molecule has 0 aliphatic heterocycles. The van der Waals surface area contributed by atoms with Gasteiger partial charge in [-0.15, -0.1) is 0 Å². The van der Waals surface area contributed by atoms with E-state index < -0.39 is 0 Å². The van der Waals surface area contributed by atoms with Crippen LogP contribution in [-0.4, -0.2) is 26.7 Å². The van der Waals surface area contributed by atoms with Gasteiger partial charge in [0, 0.05) is 23.2 Å². The molecule has 0 atom stereocenters. The van der Waals surface area contributed by atoms with E-state index in [-0.39, 0.29) is 5.91 Å². The molecular formula is C20H24ClNO4. The van der Waals surface area contributed by atoms with E-state index in [0.717, 1.165) is 21.9 Å². The first-order chi connectivity index (χ1) is 12.4. The molecule has 1 N–H and O–H groups in total. The number of aryl methyl sites for hydroxylation is 2. The van der Waals surface area contributed by atoms with Crippen LogP contribution in [-0.2, 0) is 4.79 Å². The molecule has 1 amide bonds. The van der Waals surface area contributed by atoms with E-state index >= 15 is 0 Å². The monoisotopic (exact) mass is 377 g/mol. The average molecular weight is 378 g/mol. The first kappa shape index (κ1) is 19.9. The smallest absolute Gasteiger partial charge is 0.224 e. The number of anilines is 1. The van der Waals surface area contributed by atoms with Crippen LogP contribution in [0.25, 0.3) is 0 Å². The Kier molecular flexibility index (Phi) is 7.16. The Labute approximate surface area is 159 Å². The lowest BCUT2D eigenvalue weighted by Crippen LogP contribution is -2.13. The van der Waals surface area contributed by atoms with Crippen molar-refractivity contribution in [2.45, 2.75) is 26.7 Å². The Morgan fingerprint density at radius 3 is 2.31 bits per heavy atom. The van der Waals surface area contributed by atoms with Gasteiger partial charge in [-0.1, -0.05) is 11.6 Å². The van der Waals surface area contributed by atoms with Gasteiger partial charge in [-0.3, -0.25) is 4.79 Å². The van der Waals surface area contributed by atoms with Gasteiger partial charge < -0.3 is 19.5 Å². The van der Waals surface area contributed by atoms with E-state index in [4.69, 9.17) is 25.8 Å². The summed E-state index contributed by atoms with van der Waals surface area (Å²) in [6.45, 7) is 4.34. The molecular weight excluding hydrogens is 354 g/mol. The third-order valence-electron chi connectivity index (χ3n) is 3.89. The minimum atomic E-state index is -0.0794. The van der Waals surface area contributed by atoms with Crippen molar-refractivity contribution in [3.8, 4) is 17.2 Å². The number of methoxy groups -OCH3 is 2. The highest BCUT2D eigenvalue weighted by Crippen LogP contribution is 2.30. The topological polar surface area (TPSA) is 56.8 Å². The van der Waals surface area contributed by atoms with E-state index in [9.17, 15) is 4.79 Å². The Morgan fingerprint density at radius 2 is 1.69 bits per heavy atom. The molecule has 0 heterocycles. The van der Waals surface area contributed by atoms with Crippen LogP contribution in [0.3, 0.4) is 0 Å². The zero-order valence-electron chi connectivity index (χ0n) is 15.5. The number of amides is 1. The second-order valence-electron chi connectivity index (χ2n) is 5.94. The average Bonchev–Trinajstić information content (AvgIpc) is 2.63. The highest BCUT2D eigenvalue weighted by atomic mass is 35.5. The quantitative estimate of drug-likeness (QED) is 0.673. The molecule has 2 aromatic carbocycles. The van der Waals surface area contributed by atoms with Gasteiger partial charge in [0.05, 0.1) is 20.8 Å². The lowest BCUT2D eigenvalue weighted by atomic mass is 10.1. The number of hydrogen-bond donors (Lipinski definition) is 1. The lowest BCUT2D eigenvalue weighted by molar-refractivity contribution is -0.116. The van der Waals surface area contributed by atoms with Gasteiger partial charge in [-0.05, 0) is 55.7 Å². The van der Waals surface area contributed by atoms with Crippen molar-refractivity contribution >= 4 is 23.2 Å². The van der Waals surface area contributed by atoms with Gasteiger partial charge in [-0.25, -0.2) is 0 Å². The van der Waals surface area contributed by atoms with Crippen molar-refractivity contribution in [1.29, 1.82) is 0 Å². The minimum absolute atomic E-state index is 0.0794. The zero-order chi connectivity index (χ0) is 19.1. The summed E-state index contributed by atoms with van der Waals surface area (Å²) >= 11 is 6.14. The Hall–Kier alpha value is -2.40. The third-order valence-corrected chi connectivity index (χ3v) is 4.49. The fraction of sp³-hybridized carbons (Fsp3) is 0.350. The second kappa shape index (κ2) is 9.34. The van der Waals surface area contributed by atoms with Crippen LogP contribution in [0.15, 0.2) is 30.3 Å². The van der Waals surface area contributed by atoms with Gasteiger partial charge in [0.25, 0.3) is 0 Å². The number of carbonyl (C=O) groups excluding carboxylic acids is 1. The summed E-state index contributed by atoms with van der Waals surface area (Å²) in [7, 11) is 3.13. The van der Waals surface area contributed by atoms with Gasteiger partial charge >= 0.3 is 0 Å². The Morgan fingerprint density at radius 1 is 1.04 bits per heavy atom. The van der Waals surface area contributed by atoms with Crippen LogP contribution >= 0.6 is 11.6 Å². The van der Waals surface area contributed by atoms with E-state index in [1.165, 1.54) is 0 Å². The summed E-state index contributed by atoms with van der Waals surface area (Å²) in [6, 6.07) is 9.06. The summed E-state index contributed by atoms with van der Waals surface area (Å²) in [4.78, 5) is 12.1. The van der Waals surface area contributed by atoms with E-state index in [1.54, 1.807) is 32.4 Å². The maximum atomic E-state index is 12.1. The van der Waals surface area contributed by atoms with Crippen LogP contribution in [0.2, 0.25) is 5.02 Å². The van der Waals surface area contributed by atoms with Crippen molar-refractivity contribution in [3.05, 3.63) is 46.5 Å². The first-order valence-electron chi connectivity index (χ1n) is 8.36. The summed E-state index contributed by atoms with van der Waals surface area (Å²) < 4.78 is 16.1. The van der Waals surface area contributed by atoms with E-state index in [0.29, 0.717) is 36.6 Å².